The summed E-state index contributed by atoms with van der Waals surface area (Å²) in [4.78, 5) is 2.66. The summed E-state index contributed by atoms with van der Waals surface area (Å²) in [5.74, 6) is 1.00. The van der Waals surface area contributed by atoms with Gasteiger partial charge in [0.25, 0.3) is 0 Å². The molecule has 1 aromatic carbocycles. The van der Waals surface area contributed by atoms with Crippen LogP contribution >= 0.6 is 0 Å². The van der Waals surface area contributed by atoms with Crippen molar-refractivity contribution in [3.8, 4) is 5.75 Å². The molecule has 0 amide bonds. The van der Waals surface area contributed by atoms with Crippen molar-refractivity contribution in [3.05, 3.63) is 29.3 Å². The van der Waals surface area contributed by atoms with E-state index in [0.29, 0.717) is 23.8 Å². The second-order valence-electron chi connectivity index (χ2n) is 7.71. The summed E-state index contributed by atoms with van der Waals surface area (Å²) in [7, 11) is 1.84. The fourth-order valence-corrected chi connectivity index (χ4v) is 4.79. The summed E-state index contributed by atoms with van der Waals surface area (Å²) in [6.07, 6.45) is 4.90. The number of methoxy groups -OCH3 is 1. The minimum Gasteiger partial charge on any atom is -0.508 e. The van der Waals surface area contributed by atoms with Gasteiger partial charge >= 0.3 is 0 Å². The lowest BCUT2D eigenvalue weighted by atomic mass is 9.59. The van der Waals surface area contributed by atoms with E-state index in [1.165, 1.54) is 17.5 Å². The fourth-order valence-electron chi connectivity index (χ4n) is 4.79. The van der Waals surface area contributed by atoms with E-state index in [4.69, 9.17) is 4.74 Å². The predicted molar refractivity (Wildman–Crippen MR) is 94.0 cm³/mol. The smallest absolute Gasteiger partial charge is 0.115 e. The first-order valence-electron chi connectivity index (χ1n) is 9.08. The van der Waals surface area contributed by atoms with Gasteiger partial charge in [0, 0.05) is 19.7 Å². The zero-order chi connectivity index (χ0) is 16.6. The highest BCUT2D eigenvalue weighted by Crippen LogP contribution is 2.49. The number of rotatable bonds is 5. The van der Waals surface area contributed by atoms with Crippen LogP contribution in [0.15, 0.2) is 18.2 Å². The Balaban J connectivity index is 1.86. The molecular weight excluding hydrogens is 286 g/mol. The van der Waals surface area contributed by atoms with Crippen LogP contribution in [0.25, 0.3) is 0 Å². The van der Waals surface area contributed by atoms with Crippen LogP contribution in [-0.2, 0) is 16.6 Å². The average Bonchev–Trinajstić information content (AvgIpc) is 2.53. The number of nitrogens with zero attached hydrogens (tertiary/aromatic N) is 1. The molecule has 128 valence electrons. The molecule has 1 aromatic rings. The fraction of sp³-hybridized carbons (Fsp3) is 0.700. The lowest BCUT2D eigenvalue weighted by Gasteiger charge is -2.55. The van der Waals surface area contributed by atoms with E-state index >= 15 is 0 Å². The molecule has 1 fully saturated rings. The number of benzene rings is 1. The van der Waals surface area contributed by atoms with Crippen molar-refractivity contribution in [3.63, 3.8) is 0 Å². The number of phenolic OH excluding ortho intramolecular Hbond substituents is 1. The minimum atomic E-state index is 0.181. The third kappa shape index (κ3) is 2.89. The summed E-state index contributed by atoms with van der Waals surface area (Å²) in [6, 6.07) is 6.56. The van der Waals surface area contributed by atoms with Crippen LogP contribution in [-0.4, -0.2) is 42.4 Å². The van der Waals surface area contributed by atoms with Crippen molar-refractivity contribution in [2.24, 2.45) is 5.92 Å². The highest BCUT2D eigenvalue weighted by Gasteiger charge is 2.48. The predicted octanol–water partition coefficient (Wildman–Crippen LogP) is 3.73. The lowest BCUT2D eigenvalue weighted by Crippen LogP contribution is -2.59. The van der Waals surface area contributed by atoms with E-state index in [2.05, 4.69) is 31.7 Å². The summed E-state index contributed by atoms with van der Waals surface area (Å²) >= 11 is 0. The van der Waals surface area contributed by atoms with E-state index in [0.717, 1.165) is 32.4 Å². The molecule has 4 atom stereocenters. The van der Waals surface area contributed by atoms with Gasteiger partial charge < -0.3 is 9.84 Å². The van der Waals surface area contributed by atoms with Crippen LogP contribution < -0.4 is 0 Å². The van der Waals surface area contributed by atoms with E-state index in [1.54, 1.807) is 0 Å². The highest BCUT2D eigenvalue weighted by atomic mass is 16.5. The SMILES string of the molecule is CCC[C@@H](CN1CC[C@@]2(C)c3cc(O)ccc3C[C@@H]1[C@H]2C)OC. The third-order valence-corrected chi connectivity index (χ3v) is 6.49. The van der Waals surface area contributed by atoms with Crippen molar-refractivity contribution in [1.82, 2.24) is 4.90 Å². The van der Waals surface area contributed by atoms with Crippen molar-refractivity contribution < 1.29 is 9.84 Å². The van der Waals surface area contributed by atoms with Gasteiger partial charge in [0.1, 0.15) is 5.75 Å². The van der Waals surface area contributed by atoms with Crippen molar-refractivity contribution >= 4 is 0 Å². The number of hydrogen-bond donors (Lipinski definition) is 1. The van der Waals surface area contributed by atoms with Gasteiger partial charge in [0.05, 0.1) is 6.10 Å². The molecule has 1 aliphatic carbocycles. The Bertz CT molecular complexity index is 559. The molecule has 1 heterocycles. The second-order valence-corrected chi connectivity index (χ2v) is 7.71. The Labute approximate surface area is 140 Å². The molecule has 1 saturated heterocycles. The number of fused-ring (bicyclic) bond motifs is 4. The summed E-state index contributed by atoms with van der Waals surface area (Å²) in [5.41, 5.74) is 2.97. The van der Waals surface area contributed by atoms with Gasteiger partial charge in [0.15, 0.2) is 0 Å². The van der Waals surface area contributed by atoms with Crippen LogP contribution in [0.1, 0.15) is 51.2 Å². The maximum absolute atomic E-state index is 9.92. The van der Waals surface area contributed by atoms with Crippen LogP contribution in [0, 0.1) is 5.92 Å². The molecular formula is C20H31NO2. The van der Waals surface area contributed by atoms with Crippen LogP contribution in [0.3, 0.4) is 0 Å². The van der Waals surface area contributed by atoms with Gasteiger partial charge in [-0.3, -0.25) is 4.90 Å². The molecule has 1 N–H and O–H groups in total. The van der Waals surface area contributed by atoms with Crippen molar-refractivity contribution in [2.45, 2.75) is 64.0 Å². The van der Waals surface area contributed by atoms with Crippen molar-refractivity contribution in [1.29, 1.82) is 0 Å². The molecule has 0 radical (unpaired) electrons. The highest BCUT2D eigenvalue weighted by molar-refractivity contribution is 5.44. The Morgan fingerprint density at radius 2 is 2.22 bits per heavy atom. The first kappa shape index (κ1) is 16.8. The number of phenols is 1. The van der Waals surface area contributed by atoms with Gasteiger partial charge in [0.2, 0.25) is 0 Å². The summed E-state index contributed by atoms with van der Waals surface area (Å²) in [6.45, 7) is 9.18. The summed E-state index contributed by atoms with van der Waals surface area (Å²) < 4.78 is 5.70. The molecule has 0 saturated carbocycles. The first-order chi connectivity index (χ1) is 11.0. The third-order valence-electron chi connectivity index (χ3n) is 6.49. The lowest BCUT2D eigenvalue weighted by molar-refractivity contribution is -0.0138. The van der Waals surface area contributed by atoms with Gasteiger partial charge in [-0.05, 0) is 60.4 Å². The number of ether oxygens (including phenoxy) is 1. The molecule has 0 aromatic heterocycles. The Morgan fingerprint density at radius 1 is 1.43 bits per heavy atom. The van der Waals surface area contributed by atoms with Crippen LogP contribution in [0.4, 0.5) is 0 Å². The van der Waals surface area contributed by atoms with Crippen LogP contribution in [0.5, 0.6) is 5.75 Å². The normalized spacial score (nSPS) is 31.7. The van der Waals surface area contributed by atoms with E-state index in [1.807, 2.05) is 19.2 Å². The molecule has 0 spiro atoms. The van der Waals surface area contributed by atoms with Gasteiger partial charge in [-0.2, -0.15) is 0 Å². The Hall–Kier alpha value is -1.06. The second kappa shape index (κ2) is 6.45. The number of hydrogen-bond acceptors (Lipinski definition) is 3. The van der Waals surface area contributed by atoms with E-state index in [-0.39, 0.29) is 5.41 Å². The quantitative estimate of drug-likeness (QED) is 0.898. The standard InChI is InChI=1S/C20H31NO2/c1-5-6-17(23-4)13-21-10-9-20(3)14(2)19(21)11-15-7-8-16(22)12-18(15)20/h7-8,12,14,17,19,22H,5-6,9-11,13H2,1-4H3/t14-,17+,19-,20-/m1/s1. The van der Waals surface area contributed by atoms with E-state index in [9.17, 15) is 5.11 Å². The minimum absolute atomic E-state index is 0.181. The molecule has 3 nitrogen and oxygen atoms in total. The number of aromatic hydroxyl groups is 1. The molecule has 3 rings (SSSR count). The van der Waals surface area contributed by atoms with Gasteiger partial charge in [-0.15, -0.1) is 0 Å². The summed E-state index contributed by atoms with van der Waals surface area (Å²) in [5, 5.41) is 9.92. The molecule has 3 heteroatoms. The van der Waals surface area contributed by atoms with Crippen LogP contribution in [0.2, 0.25) is 0 Å². The van der Waals surface area contributed by atoms with Crippen molar-refractivity contribution in [2.75, 3.05) is 20.2 Å². The Kier molecular flexibility index (Phi) is 4.70. The largest absolute Gasteiger partial charge is 0.508 e. The maximum atomic E-state index is 9.92. The molecule has 2 aliphatic rings. The number of piperidine rings is 1. The maximum Gasteiger partial charge on any atom is 0.115 e. The Morgan fingerprint density at radius 3 is 2.91 bits per heavy atom. The monoisotopic (exact) mass is 317 g/mol. The topological polar surface area (TPSA) is 32.7 Å². The van der Waals surface area contributed by atoms with Gasteiger partial charge in [-0.1, -0.05) is 33.3 Å². The number of likely N-dealkylation sites (tertiary alicyclic amines) is 1. The molecule has 23 heavy (non-hydrogen) atoms. The molecule has 2 bridgehead atoms. The van der Waals surface area contributed by atoms with Gasteiger partial charge in [-0.25, -0.2) is 0 Å². The zero-order valence-electron chi connectivity index (χ0n) is 15.0. The zero-order valence-corrected chi connectivity index (χ0v) is 15.0. The average molecular weight is 317 g/mol. The first-order valence-corrected chi connectivity index (χ1v) is 9.08. The molecule has 1 aliphatic heterocycles. The molecule has 0 unspecified atom stereocenters. The van der Waals surface area contributed by atoms with E-state index < -0.39 is 0 Å².